The summed E-state index contributed by atoms with van der Waals surface area (Å²) in [7, 11) is -1.00. The summed E-state index contributed by atoms with van der Waals surface area (Å²) in [5.74, 6) is -2.74. The maximum absolute atomic E-state index is 12.8. The first-order valence-electron chi connectivity index (χ1n) is 3.15. The first kappa shape index (κ1) is 9.93. The van der Waals surface area contributed by atoms with Crippen LogP contribution in [0.5, 0.6) is 0 Å². The van der Waals surface area contributed by atoms with Gasteiger partial charge in [0.15, 0.2) is 0 Å². The van der Waals surface area contributed by atoms with Gasteiger partial charge in [-0.15, -0.1) is 10.5 Å². The van der Waals surface area contributed by atoms with E-state index in [-0.39, 0.29) is 0 Å². The molecule has 68 valence electrons. The van der Waals surface area contributed by atoms with Gasteiger partial charge in [0.2, 0.25) is 5.12 Å². The number of thioether (sulfide) groups is 1. The van der Waals surface area contributed by atoms with Gasteiger partial charge in [0, 0.05) is 16.6 Å². The monoisotopic (exact) mass is 213 g/mol. The van der Waals surface area contributed by atoms with Crippen molar-refractivity contribution in [3.8, 4) is 6.07 Å². The minimum Gasteiger partial charge on any atom is -0.197 e. The van der Waals surface area contributed by atoms with Crippen LogP contribution in [0.1, 0.15) is 0 Å². The van der Waals surface area contributed by atoms with Crippen LogP contribution in [0.3, 0.4) is 0 Å². The lowest BCUT2D eigenvalue weighted by Crippen LogP contribution is -2.22. The quantitative estimate of drug-likeness (QED) is 0.492. The van der Waals surface area contributed by atoms with Crippen molar-refractivity contribution in [3.63, 3.8) is 0 Å². The van der Waals surface area contributed by atoms with E-state index >= 15 is 0 Å². The second kappa shape index (κ2) is 3.71. The zero-order valence-corrected chi connectivity index (χ0v) is 7.65. The number of rotatable bonds is 1. The molecule has 1 fully saturated rings. The molecular formula is C6H6F3NS2. The number of alkyl halides is 2. The fourth-order valence-corrected chi connectivity index (χ4v) is 4.77. The van der Waals surface area contributed by atoms with Gasteiger partial charge in [-0.3, -0.25) is 0 Å². The number of nitriles is 1. The summed E-state index contributed by atoms with van der Waals surface area (Å²) in [5.41, 5.74) is 0. The highest BCUT2D eigenvalue weighted by Crippen LogP contribution is 2.35. The summed E-state index contributed by atoms with van der Waals surface area (Å²) in [4.78, 5) is 0. The van der Waals surface area contributed by atoms with Crippen molar-refractivity contribution < 1.29 is 13.2 Å². The number of hydrogen-bond donors (Lipinski definition) is 0. The van der Waals surface area contributed by atoms with Gasteiger partial charge in [-0.2, -0.15) is 30.2 Å². The van der Waals surface area contributed by atoms with Crippen molar-refractivity contribution in [1.29, 1.82) is 5.26 Å². The SMILES string of the molecule is N#CC(F)(F)/C(F)=S1/CCSC1. The van der Waals surface area contributed by atoms with Gasteiger partial charge >= 0.3 is 5.92 Å². The molecule has 0 aromatic carbocycles. The molecule has 1 atom stereocenters. The Morgan fingerprint density at radius 1 is 1.58 bits per heavy atom. The van der Waals surface area contributed by atoms with E-state index in [4.69, 9.17) is 5.26 Å². The molecule has 0 saturated carbocycles. The first-order chi connectivity index (χ1) is 5.58. The van der Waals surface area contributed by atoms with Crippen molar-refractivity contribution in [2.24, 2.45) is 0 Å². The van der Waals surface area contributed by atoms with Crippen molar-refractivity contribution in [2.75, 3.05) is 16.6 Å². The Hall–Kier alpha value is -0.150. The van der Waals surface area contributed by atoms with Crippen molar-refractivity contribution in [3.05, 3.63) is 0 Å². The third-order valence-electron chi connectivity index (χ3n) is 1.34. The summed E-state index contributed by atoms with van der Waals surface area (Å²) >= 11 is 1.45. The van der Waals surface area contributed by atoms with Crippen LogP contribution in [0.4, 0.5) is 13.2 Å². The Bertz CT molecular complexity index is 248. The molecule has 1 heterocycles. The highest BCUT2D eigenvalue weighted by atomic mass is 32.2. The lowest BCUT2D eigenvalue weighted by atomic mass is 10.4. The number of halogens is 3. The summed E-state index contributed by atoms with van der Waals surface area (Å²) in [6.45, 7) is 0. The summed E-state index contributed by atoms with van der Waals surface area (Å²) in [6, 6.07) is 0.670. The van der Waals surface area contributed by atoms with Gasteiger partial charge in [-0.05, 0) is 0 Å². The van der Waals surface area contributed by atoms with E-state index in [0.29, 0.717) is 22.7 Å². The van der Waals surface area contributed by atoms with Crippen LogP contribution in [0.25, 0.3) is 0 Å². The van der Waals surface area contributed by atoms with Crippen LogP contribution in [-0.4, -0.2) is 27.6 Å². The molecule has 1 nitrogen and oxygen atoms in total. The average Bonchev–Trinajstić information content (AvgIpc) is 2.55. The summed E-state index contributed by atoms with van der Waals surface area (Å²) in [5, 5.41) is 6.92. The molecule has 0 aliphatic carbocycles. The Morgan fingerprint density at radius 2 is 2.25 bits per heavy atom. The molecule has 1 saturated heterocycles. The second-order valence-electron chi connectivity index (χ2n) is 2.18. The molecule has 1 aliphatic heterocycles. The van der Waals surface area contributed by atoms with Crippen LogP contribution in [0, 0.1) is 11.3 Å². The largest absolute Gasteiger partial charge is 0.388 e. The molecule has 1 unspecified atom stereocenters. The summed E-state index contributed by atoms with van der Waals surface area (Å²) in [6.07, 6.45) is 0. The molecule has 0 bridgehead atoms. The first-order valence-corrected chi connectivity index (χ1v) is 5.87. The minimum atomic E-state index is -3.88. The lowest BCUT2D eigenvalue weighted by Gasteiger charge is -2.07. The van der Waals surface area contributed by atoms with E-state index in [9.17, 15) is 13.2 Å². The van der Waals surface area contributed by atoms with Gasteiger partial charge in [-0.25, -0.2) is 0 Å². The highest BCUT2D eigenvalue weighted by Gasteiger charge is 2.38. The van der Waals surface area contributed by atoms with Crippen LogP contribution in [0.2, 0.25) is 0 Å². The number of hydrogen-bond acceptors (Lipinski definition) is 2. The molecule has 0 radical (unpaired) electrons. The Labute approximate surface area is 74.9 Å². The fraction of sp³-hybridized carbons (Fsp3) is 0.667. The smallest absolute Gasteiger partial charge is 0.197 e. The summed E-state index contributed by atoms with van der Waals surface area (Å²) < 4.78 is 37.7. The molecule has 1 rings (SSSR count). The van der Waals surface area contributed by atoms with Gasteiger partial charge in [-0.1, -0.05) is 0 Å². The normalized spacial score (nSPS) is 25.2. The van der Waals surface area contributed by atoms with Gasteiger partial charge in [0.05, 0.1) is 0 Å². The topological polar surface area (TPSA) is 23.8 Å². The molecule has 0 N–H and O–H groups in total. The zero-order chi connectivity index (χ0) is 9.19. The Morgan fingerprint density at radius 3 is 2.67 bits per heavy atom. The van der Waals surface area contributed by atoms with E-state index in [0.717, 1.165) is 0 Å². The molecule has 0 amide bonds. The number of nitrogens with zero attached hydrogens (tertiary/aromatic N) is 1. The van der Waals surface area contributed by atoms with Crippen LogP contribution >= 0.6 is 22.2 Å². The van der Waals surface area contributed by atoms with Crippen LogP contribution < -0.4 is 0 Å². The second-order valence-corrected chi connectivity index (χ2v) is 5.69. The van der Waals surface area contributed by atoms with Crippen molar-refractivity contribution in [1.82, 2.24) is 0 Å². The predicted molar refractivity (Wildman–Crippen MR) is 46.5 cm³/mol. The van der Waals surface area contributed by atoms with E-state index in [1.165, 1.54) is 11.8 Å². The van der Waals surface area contributed by atoms with Gasteiger partial charge in [0.1, 0.15) is 6.07 Å². The van der Waals surface area contributed by atoms with Crippen molar-refractivity contribution in [2.45, 2.75) is 5.92 Å². The maximum Gasteiger partial charge on any atom is 0.388 e. The molecule has 1 aliphatic rings. The van der Waals surface area contributed by atoms with Crippen LogP contribution in [0.15, 0.2) is 0 Å². The van der Waals surface area contributed by atoms with E-state index in [2.05, 4.69) is 0 Å². The highest BCUT2D eigenvalue weighted by molar-refractivity contribution is 8.28. The zero-order valence-electron chi connectivity index (χ0n) is 6.02. The van der Waals surface area contributed by atoms with Crippen LogP contribution in [-0.2, 0) is 0 Å². The van der Waals surface area contributed by atoms with Gasteiger partial charge in [0.25, 0.3) is 0 Å². The fourth-order valence-electron chi connectivity index (χ4n) is 0.745. The molecule has 0 aromatic heterocycles. The van der Waals surface area contributed by atoms with Gasteiger partial charge < -0.3 is 0 Å². The molecule has 12 heavy (non-hydrogen) atoms. The Balaban J connectivity index is 2.88. The predicted octanol–water partition coefficient (Wildman–Crippen LogP) is 2.22. The maximum atomic E-state index is 12.8. The molecule has 0 aromatic rings. The minimum absolute atomic E-state index is 0.392. The average molecular weight is 213 g/mol. The van der Waals surface area contributed by atoms with E-state index in [1.54, 1.807) is 0 Å². The molecule has 6 heteroatoms. The van der Waals surface area contributed by atoms with E-state index < -0.39 is 21.5 Å². The molecule has 0 spiro atoms. The van der Waals surface area contributed by atoms with Crippen molar-refractivity contribution >= 4 is 27.4 Å². The Kier molecular flexibility index (Phi) is 3.07. The molecular weight excluding hydrogens is 207 g/mol. The van der Waals surface area contributed by atoms with E-state index in [1.807, 2.05) is 0 Å². The third kappa shape index (κ3) is 1.96. The third-order valence-corrected chi connectivity index (χ3v) is 5.36. The standard InChI is InChI=1S/C6H6F3NS2/c7-5(6(8,9)3-10)12-2-1-11-4-12/h1-2,4H2. The lowest BCUT2D eigenvalue weighted by molar-refractivity contribution is 0.134.